The zero-order chi connectivity index (χ0) is 9.84. The van der Waals surface area contributed by atoms with Gasteiger partial charge >= 0.3 is 6.09 Å². The second kappa shape index (κ2) is 3.93. The lowest BCUT2D eigenvalue weighted by Gasteiger charge is -2.05. The molecule has 2 N–H and O–H groups in total. The van der Waals surface area contributed by atoms with E-state index in [1.807, 2.05) is 13.8 Å². The van der Waals surface area contributed by atoms with Crippen molar-refractivity contribution in [3.63, 3.8) is 0 Å². The van der Waals surface area contributed by atoms with Gasteiger partial charge in [0.15, 0.2) is 0 Å². The minimum atomic E-state index is -0.495. The Kier molecular flexibility index (Phi) is 2.89. The Hall–Kier alpha value is -1.52. The van der Waals surface area contributed by atoms with Crippen LogP contribution in [0.1, 0.15) is 13.8 Å². The summed E-state index contributed by atoms with van der Waals surface area (Å²) >= 11 is 0. The van der Waals surface area contributed by atoms with Crippen LogP contribution >= 0.6 is 0 Å². The Morgan fingerprint density at radius 2 is 2.46 bits per heavy atom. The molecule has 1 heterocycles. The van der Waals surface area contributed by atoms with Crippen LogP contribution in [0.15, 0.2) is 12.3 Å². The van der Waals surface area contributed by atoms with Crippen molar-refractivity contribution in [1.82, 2.24) is 9.78 Å². The van der Waals surface area contributed by atoms with Gasteiger partial charge in [-0.25, -0.2) is 4.79 Å². The molecular weight excluding hydrogens is 170 g/mol. The number of aromatic nitrogens is 2. The predicted octanol–water partition coefficient (Wildman–Crippen LogP) is 1.11. The van der Waals surface area contributed by atoms with Crippen LogP contribution in [0.2, 0.25) is 0 Å². The van der Waals surface area contributed by atoms with Crippen LogP contribution < -0.4 is 5.73 Å². The van der Waals surface area contributed by atoms with Gasteiger partial charge in [0, 0.05) is 12.3 Å². The van der Waals surface area contributed by atoms with E-state index in [9.17, 15) is 4.79 Å². The van der Waals surface area contributed by atoms with E-state index in [1.165, 1.54) is 12.3 Å². The van der Waals surface area contributed by atoms with Crippen molar-refractivity contribution in [3.05, 3.63) is 12.3 Å². The van der Waals surface area contributed by atoms with Gasteiger partial charge in [0.2, 0.25) is 0 Å². The van der Waals surface area contributed by atoms with Crippen molar-refractivity contribution in [1.29, 1.82) is 0 Å². The summed E-state index contributed by atoms with van der Waals surface area (Å²) in [6.07, 6.45) is 0.975. The van der Waals surface area contributed by atoms with E-state index >= 15 is 0 Å². The number of nitrogen functional groups attached to an aromatic ring is 1. The molecule has 0 saturated carbocycles. The van der Waals surface area contributed by atoms with Crippen LogP contribution in [0, 0.1) is 5.92 Å². The fourth-order valence-corrected chi connectivity index (χ4v) is 0.744. The number of carbonyl (C=O) groups is 1. The molecule has 0 aromatic carbocycles. The molecule has 0 aliphatic rings. The number of hydrogen-bond acceptors (Lipinski definition) is 4. The third-order valence-corrected chi connectivity index (χ3v) is 1.34. The predicted molar refractivity (Wildman–Crippen MR) is 48.2 cm³/mol. The summed E-state index contributed by atoms with van der Waals surface area (Å²) in [5.74, 6) is 0.623. The normalized spacial score (nSPS) is 10.4. The van der Waals surface area contributed by atoms with Gasteiger partial charge in [0.25, 0.3) is 0 Å². The van der Waals surface area contributed by atoms with Crippen LogP contribution in [-0.4, -0.2) is 22.5 Å². The van der Waals surface area contributed by atoms with Crippen molar-refractivity contribution in [2.75, 3.05) is 12.3 Å². The summed E-state index contributed by atoms with van der Waals surface area (Å²) in [5, 5.41) is 3.71. The number of anilines is 1. The number of nitrogens with zero attached hydrogens (tertiary/aromatic N) is 2. The third kappa shape index (κ3) is 2.77. The van der Waals surface area contributed by atoms with Crippen LogP contribution in [0.25, 0.3) is 0 Å². The maximum Gasteiger partial charge on any atom is 0.434 e. The highest BCUT2D eigenvalue weighted by Gasteiger charge is 2.07. The van der Waals surface area contributed by atoms with Crippen molar-refractivity contribution in [3.8, 4) is 0 Å². The Labute approximate surface area is 76.5 Å². The number of rotatable bonds is 2. The van der Waals surface area contributed by atoms with Gasteiger partial charge in [-0.1, -0.05) is 13.8 Å². The second-order valence-electron chi connectivity index (χ2n) is 3.16. The Morgan fingerprint density at radius 3 is 2.92 bits per heavy atom. The standard InChI is InChI=1S/C8H13N3O2/c1-6(2)5-13-8(12)11-4-3-7(9)10-11/h3-4,6H,5H2,1-2H3,(H2,9,10). The van der Waals surface area contributed by atoms with Crippen LogP contribution in [0.4, 0.5) is 10.6 Å². The topological polar surface area (TPSA) is 70.1 Å². The molecular formula is C8H13N3O2. The zero-order valence-corrected chi connectivity index (χ0v) is 7.73. The fourth-order valence-electron chi connectivity index (χ4n) is 0.744. The molecule has 0 unspecified atom stereocenters. The Bertz CT molecular complexity index is 293. The van der Waals surface area contributed by atoms with Gasteiger partial charge in [-0.05, 0) is 5.92 Å². The summed E-state index contributed by atoms with van der Waals surface area (Å²) in [4.78, 5) is 11.2. The van der Waals surface area contributed by atoms with Crippen LogP contribution in [-0.2, 0) is 4.74 Å². The largest absolute Gasteiger partial charge is 0.448 e. The van der Waals surface area contributed by atoms with Crippen LogP contribution in [0.5, 0.6) is 0 Å². The molecule has 0 saturated heterocycles. The fraction of sp³-hybridized carbons (Fsp3) is 0.500. The first-order valence-corrected chi connectivity index (χ1v) is 4.08. The Morgan fingerprint density at radius 1 is 1.77 bits per heavy atom. The van der Waals surface area contributed by atoms with Crippen LogP contribution in [0.3, 0.4) is 0 Å². The molecule has 1 rings (SSSR count). The molecule has 5 nitrogen and oxygen atoms in total. The molecule has 1 aromatic rings. The lowest BCUT2D eigenvalue weighted by Crippen LogP contribution is -2.17. The molecule has 0 atom stereocenters. The van der Waals surface area contributed by atoms with E-state index in [0.29, 0.717) is 18.3 Å². The number of carbonyl (C=O) groups excluding carboxylic acids is 1. The lowest BCUT2D eigenvalue weighted by molar-refractivity contribution is 0.131. The van der Waals surface area contributed by atoms with E-state index in [0.717, 1.165) is 4.68 Å². The average Bonchev–Trinajstić information content (AvgIpc) is 2.47. The van der Waals surface area contributed by atoms with E-state index in [2.05, 4.69) is 5.10 Å². The molecule has 0 spiro atoms. The summed E-state index contributed by atoms with van der Waals surface area (Å²) in [5.41, 5.74) is 5.33. The maximum atomic E-state index is 11.2. The highest BCUT2D eigenvalue weighted by Crippen LogP contribution is 1.99. The van der Waals surface area contributed by atoms with Crippen molar-refractivity contribution < 1.29 is 9.53 Å². The average molecular weight is 183 g/mol. The molecule has 1 aromatic heterocycles. The first-order valence-electron chi connectivity index (χ1n) is 4.08. The summed E-state index contributed by atoms with van der Waals surface area (Å²) in [6, 6.07) is 1.54. The zero-order valence-electron chi connectivity index (χ0n) is 7.73. The molecule has 0 aliphatic carbocycles. The first kappa shape index (κ1) is 9.57. The number of nitrogens with two attached hydrogens (primary N) is 1. The quantitative estimate of drug-likeness (QED) is 0.745. The number of hydrogen-bond donors (Lipinski definition) is 1. The Balaban J connectivity index is 2.49. The molecule has 5 heteroatoms. The molecule has 0 aliphatic heterocycles. The monoisotopic (exact) mass is 183 g/mol. The number of ether oxygens (including phenoxy) is 1. The minimum absolute atomic E-state index is 0.307. The van der Waals surface area contributed by atoms with Gasteiger partial charge in [0.1, 0.15) is 5.82 Å². The van der Waals surface area contributed by atoms with Gasteiger partial charge in [0.05, 0.1) is 6.61 Å². The molecule has 0 radical (unpaired) electrons. The van der Waals surface area contributed by atoms with Gasteiger partial charge < -0.3 is 10.5 Å². The second-order valence-corrected chi connectivity index (χ2v) is 3.16. The van der Waals surface area contributed by atoms with E-state index < -0.39 is 6.09 Å². The minimum Gasteiger partial charge on any atom is -0.448 e. The SMILES string of the molecule is CC(C)COC(=O)n1ccc(N)n1. The molecule has 0 fully saturated rings. The molecule has 13 heavy (non-hydrogen) atoms. The smallest absolute Gasteiger partial charge is 0.434 e. The van der Waals surface area contributed by atoms with E-state index in [4.69, 9.17) is 10.5 Å². The highest BCUT2D eigenvalue weighted by molar-refractivity contribution is 5.69. The molecule has 72 valence electrons. The third-order valence-electron chi connectivity index (χ3n) is 1.34. The summed E-state index contributed by atoms with van der Waals surface area (Å²) in [6.45, 7) is 4.31. The highest BCUT2D eigenvalue weighted by atomic mass is 16.6. The van der Waals surface area contributed by atoms with Gasteiger partial charge in [-0.2, -0.15) is 4.68 Å². The van der Waals surface area contributed by atoms with E-state index in [-0.39, 0.29) is 0 Å². The van der Waals surface area contributed by atoms with Gasteiger partial charge in [-0.15, -0.1) is 5.10 Å². The van der Waals surface area contributed by atoms with Crippen molar-refractivity contribution in [2.24, 2.45) is 5.92 Å². The van der Waals surface area contributed by atoms with E-state index in [1.54, 1.807) is 0 Å². The molecule has 0 amide bonds. The maximum absolute atomic E-state index is 11.2. The van der Waals surface area contributed by atoms with Gasteiger partial charge in [-0.3, -0.25) is 0 Å². The molecule has 0 bridgehead atoms. The lowest BCUT2D eigenvalue weighted by atomic mass is 10.2. The summed E-state index contributed by atoms with van der Waals surface area (Å²) < 4.78 is 5.99. The van der Waals surface area contributed by atoms with Crippen molar-refractivity contribution >= 4 is 11.9 Å². The summed E-state index contributed by atoms with van der Waals surface area (Å²) in [7, 11) is 0. The first-order chi connectivity index (χ1) is 6.09. The van der Waals surface area contributed by atoms with Crippen molar-refractivity contribution in [2.45, 2.75) is 13.8 Å².